The number of ether oxygens (including phenoxy) is 1. The largest absolute Gasteiger partial charge is 0.469 e. The van der Waals surface area contributed by atoms with Gasteiger partial charge in [0.1, 0.15) is 17.1 Å². The predicted molar refractivity (Wildman–Crippen MR) is 70.3 cm³/mol. The van der Waals surface area contributed by atoms with Crippen LogP contribution in [0.5, 0.6) is 0 Å². The zero-order chi connectivity index (χ0) is 14.7. The summed E-state index contributed by atoms with van der Waals surface area (Å²) in [5, 5.41) is 6.70. The van der Waals surface area contributed by atoms with Crippen LogP contribution in [-0.2, 0) is 16.6 Å². The maximum absolute atomic E-state index is 11.7. The van der Waals surface area contributed by atoms with Crippen molar-refractivity contribution in [1.29, 1.82) is 0 Å². The summed E-state index contributed by atoms with van der Waals surface area (Å²) in [6.07, 6.45) is 1.39. The quantitative estimate of drug-likeness (QED) is 0.854. The number of amides is 1. The number of hydrogen-bond donors (Lipinski definition) is 1. The molecule has 0 unspecified atom stereocenters. The summed E-state index contributed by atoms with van der Waals surface area (Å²) in [4.78, 5) is 23.4. The number of nitrogens with zero attached hydrogens (tertiary/aromatic N) is 2. The van der Waals surface area contributed by atoms with Crippen molar-refractivity contribution in [2.24, 2.45) is 7.05 Å². The molecule has 20 heavy (non-hydrogen) atoms. The third-order valence-corrected chi connectivity index (χ3v) is 2.68. The van der Waals surface area contributed by atoms with Crippen LogP contribution in [0, 0.1) is 13.8 Å². The van der Waals surface area contributed by atoms with Gasteiger partial charge in [-0.1, -0.05) is 0 Å². The summed E-state index contributed by atoms with van der Waals surface area (Å²) in [6, 6.07) is 3.22. The lowest BCUT2D eigenvalue weighted by Crippen LogP contribution is -2.22. The van der Waals surface area contributed by atoms with Crippen molar-refractivity contribution in [2.75, 3.05) is 11.9 Å². The monoisotopic (exact) mass is 277 g/mol. The smallest absolute Gasteiger partial charge is 0.342 e. The highest BCUT2D eigenvalue weighted by atomic mass is 16.5. The van der Waals surface area contributed by atoms with E-state index in [1.54, 1.807) is 20.0 Å². The van der Waals surface area contributed by atoms with Crippen LogP contribution in [0.1, 0.15) is 21.8 Å². The topological polar surface area (TPSA) is 86.4 Å². The lowest BCUT2D eigenvalue weighted by atomic mass is 10.3. The van der Waals surface area contributed by atoms with Crippen LogP contribution in [-0.4, -0.2) is 28.3 Å². The van der Waals surface area contributed by atoms with Gasteiger partial charge >= 0.3 is 5.97 Å². The molecule has 0 atom stereocenters. The fourth-order valence-corrected chi connectivity index (χ4v) is 1.71. The minimum absolute atomic E-state index is 0.314. The highest BCUT2D eigenvalue weighted by Gasteiger charge is 2.15. The Morgan fingerprint density at radius 2 is 2.20 bits per heavy atom. The number of rotatable bonds is 4. The lowest BCUT2D eigenvalue weighted by molar-refractivity contribution is -0.119. The van der Waals surface area contributed by atoms with Gasteiger partial charge in [0, 0.05) is 13.1 Å². The van der Waals surface area contributed by atoms with Crippen molar-refractivity contribution < 1.29 is 18.7 Å². The first-order chi connectivity index (χ1) is 9.47. The SMILES string of the molecule is Cc1cc(NC(=O)COC(=O)c2ccoc2C)n(C)n1. The van der Waals surface area contributed by atoms with E-state index >= 15 is 0 Å². The van der Waals surface area contributed by atoms with E-state index in [2.05, 4.69) is 10.4 Å². The molecule has 0 aromatic carbocycles. The molecule has 0 aliphatic heterocycles. The molecule has 7 heteroatoms. The van der Waals surface area contributed by atoms with Gasteiger partial charge in [-0.3, -0.25) is 9.48 Å². The fraction of sp³-hybridized carbons (Fsp3) is 0.308. The van der Waals surface area contributed by atoms with E-state index in [4.69, 9.17) is 9.15 Å². The van der Waals surface area contributed by atoms with Crippen molar-refractivity contribution >= 4 is 17.7 Å². The number of esters is 1. The van der Waals surface area contributed by atoms with Gasteiger partial charge in [-0.05, 0) is 19.9 Å². The predicted octanol–water partition coefficient (Wildman–Crippen LogP) is 1.43. The summed E-state index contributed by atoms with van der Waals surface area (Å²) >= 11 is 0. The van der Waals surface area contributed by atoms with Crippen LogP contribution in [0.4, 0.5) is 5.82 Å². The number of hydrogen-bond acceptors (Lipinski definition) is 5. The van der Waals surface area contributed by atoms with Crippen LogP contribution < -0.4 is 5.32 Å². The van der Waals surface area contributed by atoms with Crippen LogP contribution in [0.25, 0.3) is 0 Å². The molecule has 0 aliphatic carbocycles. The molecule has 0 saturated carbocycles. The first kappa shape index (κ1) is 13.9. The fourth-order valence-electron chi connectivity index (χ4n) is 1.71. The van der Waals surface area contributed by atoms with Gasteiger partial charge in [0.15, 0.2) is 6.61 Å². The molecule has 2 rings (SSSR count). The van der Waals surface area contributed by atoms with Gasteiger partial charge in [0.05, 0.1) is 12.0 Å². The second-order valence-corrected chi connectivity index (χ2v) is 4.31. The average molecular weight is 277 g/mol. The van der Waals surface area contributed by atoms with Crippen LogP contribution in [0.3, 0.4) is 0 Å². The number of carbonyl (C=O) groups is 2. The van der Waals surface area contributed by atoms with Crippen molar-refractivity contribution in [3.63, 3.8) is 0 Å². The first-order valence-electron chi connectivity index (χ1n) is 5.99. The first-order valence-corrected chi connectivity index (χ1v) is 5.99. The normalized spacial score (nSPS) is 10.3. The Morgan fingerprint density at radius 1 is 1.45 bits per heavy atom. The molecule has 0 spiro atoms. The summed E-state index contributed by atoms with van der Waals surface area (Å²) in [5.41, 5.74) is 1.10. The molecule has 1 amide bonds. The molecule has 0 aliphatic rings. The highest BCUT2D eigenvalue weighted by molar-refractivity contribution is 5.95. The Bertz CT molecular complexity index is 642. The number of nitrogens with one attached hydrogen (secondary N) is 1. The van der Waals surface area contributed by atoms with Gasteiger partial charge in [-0.2, -0.15) is 5.10 Å². The van der Waals surface area contributed by atoms with E-state index in [1.807, 2.05) is 6.92 Å². The summed E-state index contributed by atoms with van der Waals surface area (Å²) in [6.45, 7) is 3.10. The molecule has 1 N–H and O–H groups in total. The Hall–Kier alpha value is -2.57. The van der Waals surface area contributed by atoms with E-state index in [0.717, 1.165) is 5.69 Å². The van der Waals surface area contributed by atoms with Crippen LogP contribution in [0.15, 0.2) is 22.8 Å². The maximum Gasteiger partial charge on any atom is 0.342 e. The molecule has 0 saturated heterocycles. The van der Waals surface area contributed by atoms with Gasteiger partial charge < -0.3 is 14.5 Å². The van der Waals surface area contributed by atoms with Crippen LogP contribution in [0.2, 0.25) is 0 Å². The molecular formula is C13H15N3O4. The van der Waals surface area contributed by atoms with E-state index in [1.165, 1.54) is 17.0 Å². The minimum Gasteiger partial charge on any atom is -0.469 e. The molecule has 0 radical (unpaired) electrons. The number of furan rings is 1. The molecule has 2 heterocycles. The summed E-state index contributed by atoms with van der Waals surface area (Å²) in [7, 11) is 1.71. The number of aromatic nitrogens is 2. The standard InChI is InChI=1S/C13H15N3O4/c1-8-6-11(16(3)15-8)14-12(17)7-20-13(18)10-4-5-19-9(10)2/h4-6H,7H2,1-3H3,(H,14,17). The van der Waals surface area contributed by atoms with Gasteiger partial charge in [0.2, 0.25) is 0 Å². The highest BCUT2D eigenvalue weighted by Crippen LogP contribution is 2.11. The van der Waals surface area contributed by atoms with Crippen molar-refractivity contribution in [1.82, 2.24) is 9.78 Å². The van der Waals surface area contributed by atoms with Crippen LogP contribution >= 0.6 is 0 Å². The zero-order valence-corrected chi connectivity index (χ0v) is 11.5. The molecular weight excluding hydrogens is 262 g/mol. The number of anilines is 1. The van der Waals surface area contributed by atoms with E-state index < -0.39 is 11.9 Å². The molecule has 7 nitrogen and oxygen atoms in total. The van der Waals surface area contributed by atoms with E-state index in [0.29, 0.717) is 17.1 Å². The maximum atomic E-state index is 11.7. The van der Waals surface area contributed by atoms with Crippen molar-refractivity contribution in [2.45, 2.75) is 13.8 Å². The Morgan fingerprint density at radius 3 is 2.75 bits per heavy atom. The van der Waals surface area contributed by atoms with E-state index in [-0.39, 0.29) is 6.61 Å². The Balaban J connectivity index is 1.88. The lowest BCUT2D eigenvalue weighted by Gasteiger charge is -2.06. The second kappa shape index (κ2) is 5.60. The van der Waals surface area contributed by atoms with Crippen molar-refractivity contribution in [3.8, 4) is 0 Å². The number of aryl methyl sites for hydroxylation is 3. The summed E-state index contributed by atoms with van der Waals surface area (Å²) in [5.74, 6) is -0.0178. The Labute approximate surface area is 115 Å². The van der Waals surface area contributed by atoms with E-state index in [9.17, 15) is 9.59 Å². The number of carbonyl (C=O) groups excluding carboxylic acids is 2. The third kappa shape index (κ3) is 3.05. The van der Waals surface area contributed by atoms with Gasteiger partial charge in [-0.25, -0.2) is 4.79 Å². The Kier molecular flexibility index (Phi) is 3.88. The molecule has 0 bridgehead atoms. The van der Waals surface area contributed by atoms with Gasteiger partial charge in [-0.15, -0.1) is 0 Å². The average Bonchev–Trinajstić information content (AvgIpc) is 2.93. The molecule has 2 aromatic rings. The summed E-state index contributed by atoms with van der Waals surface area (Å²) < 4.78 is 11.4. The second-order valence-electron chi connectivity index (χ2n) is 4.31. The third-order valence-electron chi connectivity index (χ3n) is 2.68. The molecule has 0 fully saturated rings. The zero-order valence-electron chi connectivity index (χ0n) is 11.5. The minimum atomic E-state index is -0.590. The molecule has 106 valence electrons. The molecule has 2 aromatic heterocycles. The van der Waals surface area contributed by atoms with Crippen molar-refractivity contribution in [3.05, 3.63) is 35.4 Å². The van der Waals surface area contributed by atoms with Gasteiger partial charge in [0.25, 0.3) is 5.91 Å².